The van der Waals surface area contributed by atoms with Gasteiger partial charge in [-0.3, -0.25) is 10.1 Å². The summed E-state index contributed by atoms with van der Waals surface area (Å²) in [7, 11) is 1.27. The number of aromatic nitrogens is 1. The Hall–Kier alpha value is -2.74. The van der Waals surface area contributed by atoms with Crippen molar-refractivity contribution in [2.75, 3.05) is 12.4 Å². The first-order valence-electron chi connectivity index (χ1n) is 7.12. The van der Waals surface area contributed by atoms with E-state index in [1.165, 1.54) is 25.3 Å². The van der Waals surface area contributed by atoms with Crippen molar-refractivity contribution in [1.29, 1.82) is 0 Å². The fourth-order valence-electron chi connectivity index (χ4n) is 2.10. The summed E-state index contributed by atoms with van der Waals surface area (Å²) >= 11 is 1.59. The Labute approximate surface area is 143 Å². The van der Waals surface area contributed by atoms with E-state index in [-0.39, 0.29) is 5.69 Å². The first kappa shape index (κ1) is 17.6. The quantitative estimate of drug-likeness (QED) is 0.372. The van der Waals surface area contributed by atoms with Gasteiger partial charge in [-0.15, -0.1) is 11.3 Å². The van der Waals surface area contributed by atoms with Crippen LogP contribution in [0.2, 0.25) is 0 Å². The smallest absolute Gasteiger partial charge is 0.330 e. The summed E-state index contributed by atoms with van der Waals surface area (Å²) in [6, 6.07) is 4.71. The number of nitrogens with one attached hydrogen (secondary N) is 1. The maximum absolute atomic E-state index is 11.3. The normalized spacial score (nSPS) is 10.8. The number of hydrogen-bond acceptors (Lipinski definition) is 7. The fourth-order valence-corrected chi connectivity index (χ4v) is 2.93. The topological polar surface area (TPSA) is 94.4 Å². The SMILES string of the molecule is COC(=O)/C=C/c1ccc(NCc2nc(C)sc2C)c([N+](=O)[O-])c1. The van der Waals surface area contributed by atoms with Gasteiger partial charge in [0.2, 0.25) is 0 Å². The molecule has 126 valence electrons. The number of benzene rings is 1. The average molecular weight is 347 g/mol. The van der Waals surface area contributed by atoms with E-state index >= 15 is 0 Å². The van der Waals surface area contributed by atoms with Gasteiger partial charge in [0, 0.05) is 17.0 Å². The molecule has 0 unspecified atom stereocenters. The predicted octanol–water partition coefficient (Wildman–Crippen LogP) is 3.47. The van der Waals surface area contributed by atoms with Crippen molar-refractivity contribution < 1.29 is 14.5 Å². The molecule has 0 fully saturated rings. The van der Waals surface area contributed by atoms with Crippen LogP contribution in [0.1, 0.15) is 21.1 Å². The van der Waals surface area contributed by atoms with Gasteiger partial charge in [-0.05, 0) is 31.6 Å². The largest absolute Gasteiger partial charge is 0.466 e. The first-order valence-corrected chi connectivity index (χ1v) is 7.93. The van der Waals surface area contributed by atoms with E-state index in [0.29, 0.717) is 17.8 Å². The lowest BCUT2D eigenvalue weighted by Crippen LogP contribution is -2.04. The van der Waals surface area contributed by atoms with Gasteiger partial charge >= 0.3 is 5.97 Å². The molecule has 0 aliphatic carbocycles. The van der Waals surface area contributed by atoms with Crippen LogP contribution in [0, 0.1) is 24.0 Å². The van der Waals surface area contributed by atoms with Gasteiger partial charge in [-0.1, -0.05) is 6.07 Å². The van der Waals surface area contributed by atoms with Crippen molar-refractivity contribution >= 4 is 34.8 Å². The molecule has 0 radical (unpaired) electrons. The summed E-state index contributed by atoms with van der Waals surface area (Å²) in [5, 5.41) is 15.3. The third-order valence-corrected chi connectivity index (χ3v) is 4.21. The van der Waals surface area contributed by atoms with Crippen LogP contribution in [0.4, 0.5) is 11.4 Å². The van der Waals surface area contributed by atoms with Crippen LogP contribution in [0.5, 0.6) is 0 Å². The van der Waals surface area contributed by atoms with Crippen molar-refractivity contribution in [2.45, 2.75) is 20.4 Å². The molecule has 8 heteroatoms. The minimum absolute atomic E-state index is 0.0633. The molecule has 7 nitrogen and oxygen atoms in total. The van der Waals surface area contributed by atoms with E-state index < -0.39 is 10.9 Å². The fraction of sp³-hybridized carbons (Fsp3) is 0.250. The van der Waals surface area contributed by atoms with E-state index in [1.54, 1.807) is 23.5 Å². The summed E-state index contributed by atoms with van der Waals surface area (Å²) in [6.45, 7) is 4.30. The molecular formula is C16H17N3O4S. The number of esters is 1. The highest BCUT2D eigenvalue weighted by atomic mass is 32.1. The Bertz CT molecular complexity index is 799. The van der Waals surface area contributed by atoms with Crippen LogP contribution in [-0.2, 0) is 16.1 Å². The number of anilines is 1. The summed E-state index contributed by atoms with van der Waals surface area (Å²) < 4.78 is 4.50. The van der Waals surface area contributed by atoms with Crippen molar-refractivity contribution in [3.63, 3.8) is 0 Å². The monoisotopic (exact) mass is 347 g/mol. The number of ether oxygens (including phenoxy) is 1. The minimum Gasteiger partial charge on any atom is -0.466 e. The molecule has 0 saturated heterocycles. The molecule has 0 atom stereocenters. The summed E-state index contributed by atoms with van der Waals surface area (Å²) in [4.78, 5) is 27.4. The number of carbonyl (C=O) groups is 1. The van der Waals surface area contributed by atoms with Gasteiger partial charge in [-0.2, -0.15) is 0 Å². The van der Waals surface area contributed by atoms with Crippen LogP contribution >= 0.6 is 11.3 Å². The van der Waals surface area contributed by atoms with Crippen molar-refractivity contribution in [1.82, 2.24) is 4.98 Å². The zero-order valence-corrected chi connectivity index (χ0v) is 14.3. The van der Waals surface area contributed by atoms with Crippen LogP contribution < -0.4 is 5.32 Å². The van der Waals surface area contributed by atoms with Crippen LogP contribution in [0.3, 0.4) is 0 Å². The maximum Gasteiger partial charge on any atom is 0.330 e. The van der Waals surface area contributed by atoms with Gasteiger partial charge in [-0.25, -0.2) is 9.78 Å². The highest BCUT2D eigenvalue weighted by molar-refractivity contribution is 7.11. The predicted molar refractivity (Wildman–Crippen MR) is 93.1 cm³/mol. The third-order valence-electron chi connectivity index (χ3n) is 3.28. The molecule has 2 aromatic rings. The number of thiazole rings is 1. The molecule has 0 aliphatic rings. The Morgan fingerprint density at radius 1 is 1.46 bits per heavy atom. The van der Waals surface area contributed by atoms with Gasteiger partial charge in [0.05, 0.1) is 29.3 Å². The molecule has 1 N–H and O–H groups in total. The van der Waals surface area contributed by atoms with Crippen molar-refractivity contribution in [3.05, 3.63) is 55.5 Å². The molecule has 24 heavy (non-hydrogen) atoms. The van der Waals surface area contributed by atoms with Crippen LogP contribution in [0.15, 0.2) is 24.3 Å². The van der Waals surface area contributed by atoms with E-state index in [9.17, 15) is 14.9 Å². The second-order valence-corrected chi connectivity index (χ2v) is 6.39. The number of nitro groups is 1. The van der Waals surface area contributed by atoms with Gasteiger partial charge in [0.15, 0.2) is 0 Å². The molecule has 2 rings (SSSR count). The zero-order chi connectivity index (χ0) is 17.7. The Kier molecular flexibility index (Phi) is 5.64. The molecule has 1 heterocycles. The number of hydrogen-bond donors (Lipinski definition) is 1. The number of methoxy groups -OCH3 is 1. The first-order chi connectivity index (χ1) is 11.4. The lowest BCUT2D eigenvalue weighted by atomic mass is 10.1. The Balaban J connectivity index is 2.20. The molecule has 0 saturated carbocycles. The second-order valence-electron chi connectivity index (χ2n) is 4.98. The van der Waals surface area contributed by atoms with E-state index in [4.69, 9.17) is 0 Å². The van der Waals surface area contributed by atoms with Gasteiger partial charge in [0.25, 0.3) is 5.69 Å². The van der Waals surface area contributed by atoms with Crippen LogP contribution in [0.25, 0.3) is 6.08 Å². The highest BCUT2D eigenvalue weighted by Crippen LogP contribution is 2.27. The van der Waals surface area contributed by atoms with Crippen molar-refractivity contribution in [2.24, 2.45) is 0 Å². The molecule has 0 amide bonds. The Morgan fingerprint density at radius 2 is 2.21 bits per heavy atom. The number of aryl methyl sites for hydroxylation is 2. The number of nitrogens with zero attached hydrogens (tertiary/aromatic N) is 2. The van der Waals surface area contributed by atoms with E-state index in [0.717, 1.165) is 15.6 Å². The molecule has 0 bridgehead atoms. The standard InChI is InChI=1S/C16H17N3O4S/c1-10-14(18-11(2)24-10)9-17-13-6-4-12(5-7-16(20)23-3)8-15(13)19(21)22/h4-8,17H,9H2,1-3H3/b7-5+. The summed E-state index contributed by atoms with van der Waals surface area (Å²) in [5.74, 6) is -0.519. The average Bonchev–Trinajstić information content (AvgIpc) is 2.88. The second kappa shape index (κ2) is 7.69. The molecule has 0 aliphatic heterocycles. The highest BCUT2D eigenvalue weighted by Gasteiger charge is 2.15. The van der Waals surface area contributed by atoms with Crippen molar-refractivity contribution in [3.8, 4) is 0 Å². The van der Waals surface area contributed by atoms with E-state index in [2.05, 4.69) is 15.0 Å². The molecule has 0 spiro atoms. The third kappa shape index (κ3) is 4.39. The number of carbonyl (C=O) groups excluding carboxylic acids is 1. The lowest BCUT2D eigenvalue weighted by Gasteiger charge is -2.07. The lowest BCUT2D eigenvalue weighted by molar-refractivity contribution is -0.384. The summed E-state index contributed by atoms with van der Waals surface area (Å²) in [5.41, 5.74) is 1.76. The molecule has 1 aromatic carbocycles. The number of nitro benzene ring substituents is 1. The Morgan fingerprint density at radius 3 is 2.79 bits per heavy atom. The van der Waals surface area contributed by atoms with Gasteiger partial charge in [0.1, 0.15) is 5.69 Å². The summed E-state index contributed by atoms with van der Waals surface area (Å²) in [6.07, 6.45) is 2.68. The zero-order valence-electron chi connectivity index (χ0n) is 13.5. The molecular weight excluding hydrogens is 330 g/mol. The van der Waals surface area contributed by atoms with Gasteiger partial charge < -0.3 is 10.1 Å². The van der Waals surface area contributed by atoms with Crippen LogP contribution in [-0.4, -0.2) is 23.0 Å². The molecule has 1 aromatic heterocycles. The van der Waals surface area contributed by atoms with E-state index in [1.807, 2.05) is 13.8 Å². The maximum atomic E-state index is 11.3. The number of rotatable bonds is 6. The minimum atomic E-state index is -0.519.